The van der Waals surface area contributed by atoms with Crippen molar-refractivity contribution in [3.8, 4) is 5.82 Å². The first kappa shape index (κ1) is 16.0. The molecule has 6 heteroatoms. The van der Waals surface area contributed by atoms with Crippen molar-refractivity contribution in [2.75, 3.05) is 0 Å². The standard InChI is InChI=1S/C19H20N4OS/c1-13-5-6-16-15(10-13)11-17(25-16)19(24)21-12-14-4-2-7-20-18(14)23-9-3-8-22-23/h2-4,7-9,11,13H,5-6,10,12H2,1H3,(H,21,24). The molecule has 0 bridgehead atoms. The lowest BCUT2D eigenvalue weighted by atomic mass is 9.90. The van der Waals surface area contributed by atoms with Crippen LogP contribution in [0.1, 0.15) is 39.0 Å². The molecule has 25 heavy (non-hydrogen) atoms. The topological polar surface area (TPSA) is 59.8 Å². The van der Waals surface area contributed by atoms with Gasteiger partial charge in [0.2, 0.25) is 0 Å². The summed E-state index contributed by atoms with van der Waals surface area (Å²) in [6, 6.07) is 7.77. The fraction of sp³-hybridized carbons (Fsp3) is 0.316. The number of carbonyl (C=O) groups excluding carboxylic acids is 1. The number of fused-ring (bicyclic) bond motifs is 1. The first-order chi connectivity index (χ1) is 12.2. The van der Waals surface area contributed by atoms with Gasteiger partial charge in [-0.15, -0.1) is 11.3 Å². The summed E-state index contributed by atoms with van der Waals surface area (Å²) in [5.41, 5.74) is 2.29. The van der Waals surface area contributed by atoms with Gasteiger partial charge in [-0.3, -0.25) is 4.79 Å². The average Bonchev–Trinajstić information content (AvgIpc) is 3.29. The SMILES string of the molecule is CC1CCc2sc(C(=O)NCc3cccnc3-n3cccn3)cc2C1. The molecule has 0 saturated carbocycles. The van der Waals surface area contributed by atoms with Crippen molar-refractivity contribution in [2.24, 2.45) is 5.92 Å². The van der Waals surface area contributed by atoms with Crippen LogP contribution in [0.3, 0.4) is 0 Å². The largest absolute Gasteiger partial charge is 0.347 e. The third kappa shape index (κ3) is 3.35. The van der Waals surface area contributed by atoms with Crippen LogP contribution in [0, 0.1) is 5.92 Å². The summed E-state index contributed by atoms with van der Waals surface area (Å²) in [5, 5.41) is 7.26. The van der Waals surface area contributed by atoms with Crippen LogP contribution < -0.4 is 5.32 Å². The van der Waals surface area contributed by atoms with E-state index in [9.17, 15) is 4.79 Å². The van der Waals surface area contributed by atoms with Crippen LogP contribution in [0.15, 0.2) is 42.9 Å². The zero-order valence-corrected chi connectivity index (χ0v) is 14.9. The third-order valence-electron chi connectivity index (χ3n) is 4.58. The van der Waals surface area contributed by atoms with Crippen LogP contribution in [0.2, 0.25) is 0 Å². The van der Waals surface area contributed by atoms with Crippen LogP contribution in [0.5, 0.6) is 0 Å². The zero-order chi connectivity index (χ0) is 17.2. The molecule has 0 fully saturated rings. The summed E-state index contributed by atoms with van der Waals surface area (Å²) in [6.45, 7) is 2.71. The minimum Gasteiger partial charge on any atom is -0.347 e. The van der Waals surface area contributed by atoms with Crippen molar-refractivity contribution in [1.82, 2.24) is 20.1 Å². The first-order valence-electron chi connectivity index (χ1n) is 8.54. The van der Waals surface area contributed by atoms with Gasteiger partial charge in [-0.1, -0.05) is 13.0 Å². The molecule has 1 unspecified atom stereocenters. The molecule has 1 N–H and O–H groups in total. The number of nitrogens with zero attached hydrogens (tertiary/aromatic N) is 3. The highest BCUT2D eigenvalue weighted by Gasteiger charge is 2.20. The second-order valence-corrected chi connectivity index (χ2v) is 7.66. The molecular weight excluding hydrogens is 332 g/mol. The van der Waals surface area contributed by atoms with E-state index in [0.29, 0.717) is 12.5 Å². The molecule has 1 aliphatic rings. The molecule has 5 nitrogen and oxygen atoms in total. The smallest absolute Gasteiger partial charge is 0.261 e. The van der Waals surface area contributed by atoms with Crippen molar-refractivity contribution in [3.05, 3.63) is 63.7 Å². The summed E-state index contributed by atoms with van der Waals surface area (Å²) in [7, 11) is 0. The van der Waals surface area contributed by atoms with Crippen molar-refractivity contribution >= 4 is 17.2 Å². The molecular formula is C19H20N4OS. The predicted octanol–water partition coefficient (Wildman–Crippen LogP) is 3.38. The van der Waals surface area contributed by atoms with Gasteiger partial charge in [-0.05, 0) is 48.9 Å². The Hall–Kier alpha value is -2.47. The lowest BCUT2D eigenvalue weighted by Crippen LogP contribution is -2.23. The number of hydrogen-bond acceptors (Lipinski definition) is 4. The molecule has 3 aromatic rings. The number of amides is 1. The highest BCUT2D eigenvalue weighted by molar-refractivity contribution is 7.14. The lowest BCUT2D eigenvalue weighted by Gasteiger charge is -2.16. The minimum absolute atomic E-state index is 0.0117. The molecule has 0 aromatic carbocycles. The van der Waals surface area contributed by atoms with E-state index in [2.05, 4.69) is 28.4 Å². The van der Waals surface area contributed by atoms with Crippen molar-refractivity contribution in [1.29, 1.82) is 0 Å². The summed E-state index contributed by atoms with van der Waals surface area (Å²) in [5.74, 6) is 1.44. The van der Waals surface area contributed by atoms with Crippen molar-refractivity contribution in [2.45, 2.75) is 32.7 Å². The predicted molar refractivity (Wildman–Crippen MR) is 98.0 cm³/mol. The Morgan fingerprint density at radius 2 is 2.32 bits per heavy atom. The first-order valence-corrected chi connectivity index (χ1v) is 9.36. The summed E-state index contributed by atoms with van der Waals surface area (Å²) >= 11 is 1.64. The minimum atomic E-state index is -0.0117. The van der Waals surface area contributed by atoms with Gasteiger partial charge in [-0.25, -0.2) is 9.67 Å². The summed E-state index contributed by atoms with van der Waals surface area (Å²) in [4.78, 5) is 19.1. The quantitative estimate of drug-likeness (QED) is 0.783. The van der Waals surface area contributed by atoms with E-state index in [-0.39, 0.29) is 5.91 Å². The molecule has 0 spiro atoms. The Morgan fingerprint density at radius 1 is 1.40 bits per heavy atom. The number of pyridine rings is 1. The lowest BCUT2D eigenvalue weighted by molar-refractivity contribution is 0.0955. The molecule has 0 saturated heterocycles. The molecule has 1 amide bonds. The van der Waals surface area contributed by atoms with E-state index < -0.39 is 0 Å². The molecule has 1 aliphatic carbocycles. The van der Waals surface area contributed by atoms with Gasteiger partial charge in [0.25, 0.3) is 5.91 Å². The molecule has 3 aromatic heterocycles. The third-order valence-corrected chi connectivity index (χ3v) is 5.82. The fourth-order valence-corrected chi connectivity index (χ4v) is 4.37. The Balaban J connectivity index is 1.48. The van der Waals surface area contributed by atoms with E-state index in [4.69, 9.17) is 0 Å². The number of hydrogen-bond donors (Lipinski definition) is 1. The fourth-order valence-electron chi connectivity index (χ4n) is 3.25. The van der Waals surface area contributed by atoms with E-state index in [1.807, 2.05) is 24.4 Å². The van der Waals surface area contributed by atoms with Crippen LogP contribution in [-0.2, 0) is 19.4 Å². The Bertz CT molecular complexity index is 885. The summed E-state index contributed by atoms with van der Waals surface area (Å²) in [6.07, 6.45) is 8.70. The molecule has 3 heterocycles. The monoisotopic (exact) mass is 352 g/mol. The van der Waals surface area contributed by atoms with E-state index >= 15 is 0 Å². The number of aryl methyl sites for hydroxylation is 1. The number of carbonyl (C=O) groups is 1. The number of thiophene rings is 1. The van der Waals surface area contributed by atoms with E-state index in [1.54, 1.807) is 28.4 Å². The molecule has 4 rings (SSSR count). The van der Waals surface area contributed by atoms with Crippen LogP contribution in [-0.4, -0.2) is 20.7 Å². The molecule has 1 atom stereocenters. The second-order valence-electron chi connectivity index (χ2n) is 6.53. The molecule has 0 aliphatic heterocycles. The maximum absolute atomic E-state index is 12.6. The van der Waals surface area contributed by atoms with Gasteiger partial charge in [0.05, 0.1) is 4.88 Å². The number of aromatic nitrogens is 3. The highest BCUT2D eigenvalue weighted by atomic mass is 32.1. The van der Waals surface area contributed by atoms with Gasteiger partial charge in [0, 0.05) is 35.6 Å². The Morgan fingerprint density at radius 3 is 3.16 bits per heavy atom. The second kappa shape index (κ2) is 6.80. The Labute approximate surface area is 150 Å². The maximum atomic E-state index is 12.6. The van der Waals surface area contributed by atoms with E-state index in [1.165, 1.54) is 16.9 Å². The van der Waals surface area contributed by atoms with Gasteiger partial charge < -0.3 is 5.32 Å². The summed E-state index contributed by atoms with van der Waals surface area (Å²) < 4.78 is 1.72. The molecule has 128 valence electrons. The van der Waals surface area contributed by atoms with Crippen molar-refractivity contribution in [3.63, 3.8) is 0 Å². The van der Waals surface area contributed by atoms with E-state index in [0.717, 1.165) is 29.1 Å². The average molecular weight is 352 g/mol. The maximum Gasteiger partial charge on any atom is 0.261 e. The zero-order valence-electron chi connectivity index (χ0n) is 14.1. The van der Waals surface area contributed by atoms with Gasteiger partial charge in [-0.2, -0.15) is 5.10 Å². The van der Waals surface area contributed by atoms with Gasteiger partial charge in [0.15, 0.2) is 5.82 Å². The van der Waals surface area contributed by atoms with Crippen LogP contribution in [0.4, 0.5) is 0 Å². The number of rotatable bonds is 4. The van der Waals surface area contributed by atoms with Crippen LogP contribution in [0.25, 0.3) is 5.82 Å². The Kier molecular flexibility index (Phi) is 4.36. The molecule has 0 radical (unpaired) electrons. The normalized spacial score (nSPS) is 16.4. The van der Waals surface area contributed by atoms with Crippen molar-refractivity contribution < 1.29 is 4.79 Å². The van der Waals surface area contributed by atoms with Gasteiger partial charge >= 0.3 is 0 Å². The highest BCUT2D eigenvalue weighted by Crippen LogP contribution is 2.32. The number of nitrogens with one attached hydrogen (secondary N) is 1. The van der Waals surface area contributed by atoms with Crippen LogP contribution >= 0.6 is 11.3 Å². The van der Waals surface area contributed by atoms with Gasteiger partial charge in [0.1, 0.15) is 0 Å².